The van der Waals surface area contributed by atoms with E-state index >= 15 is 0 Å². The van der Waals surface area contributed by atoms with Gasteiger partial charge in [-0.15, -0.1) is 0 Å². The van der Waals surface area contributed by atoms with Crippen molar-refractivity contribution in [3.63, 3.8) is 0 Å². The molecule has 0 radical (unpaired) electrons. The zero-order chi connectivity index (χ0) is 15.9. The van der Waals surface area contributed by atoms with E-state index in [0.717, 1.165) is 38.5 Å². The van der Waals surface area contributed by atoms with Gasteiger partial charge in [-0.25, -0.2) is 0 Å². The largest absolute Gasteiger partial charge is 0.336 e. The van der Waals surface area contributed by atoms with E-state index in [1.807, 2.05) is 0 Å². The molecule has 122 valence electrons. The van der Waals surface area contributed by atoms with Gasteiger partial charge in [-0.05, 0) is 38.5 Å². The number of amides is 3. The van der Waals surface area contributed by atoms with E-state index in [2.05, 4.69) is 18.7 Å². The quantitative estimate of drug-likeness (QED) is 0.747. The minimum absolute atomic E-state index is 0.0192. The molecular formula is C17H26N2O3. The Morgan fingerprint density at radius 2 is 1.50 bits per heavy atom. The molecule has 3 fully saturated rings. The van der Waals surface area contributed by atoms with E-state index in [1.165, 1.54) is 4.90 Å². The smallest absolute Gasteiger partial charge is 0.229 e. The van der Waals surface area contributed by atoms with Crippen molar-refractivity contribution in [1.82, 2.24) is 9.80 Å². The molecule has 0 spiro atoms. The Balaban J connectivity index is 1.73. The van der Waals surface area contributed by atoms with Gasteiger partial charge in [0.1, 0.15) is 0 Å². The summed E-state index contributed by atoms with van der Waals surface area (Å²) in [5.74, 6) is 0.369. The van der Waals surface area contributed by atoms with Crippen molar-refractivity contribution < 1.29 is 14.4 Å². The molecule has 0 aliphatic carbocycles. The molecule has 5 heteroatoms. The zero-order valence-electron chi connectivity index (χ0n) is 13.6. The van der Waals surface area contributed by atoms with Gasteiger partial charge >= 0.3 is 0 Å². The first-order valence-corrected chi connectivity index (χ1v) is 8.73. The molecule has 0 saturated carbocycles. The molecule has 2 unspecified atom stereocenters. The fourth-order valence-electron chi connectivity index (χ4n) is 4.57. The second-order valence-corrected chi connectivity index (χ2v) is 6.93. The van der Waals surface area contributed by atoms with E-state index in [-0.39, 0.29) is 41.8 Å². The van der Waals surface area contributed by atoms with Crippen LogP contribution < -0.4 is 0 Å². The summed E-state index contributed by atoms with van der Waals surface area (Å²) in [4.78, 5) is 40.3. The summed E-state index contributed by atoms with van der Waals surface area (Å²) in [5.41, 5.74) is 0. The van der Waals surface area contributed by atoms with Gasteiger partial charge < -0.3 is 4.90 Å². The standard InChI is InChI=1S/C17H26N2O3/c1-3-11(4-2)17(22)18-12-5-6-13(18)10-14(9-12)19-15(20)7-8-16(19)21/h11-14H,3-10H2,1-2H3. The fourth-order valence-corrected chi connectivity index (χ4v) is 4.57. The molecule has 3 saturated heterocycles. The average Bonchev–Trinajstić information content (AvgIpc) is 2.97. The Kier molecular flexibility index (Phi) is 4.24. The lowest BCUT2D eigenvalue weighted by atomic mass is 9.92. The van der Waals surface area contributed by atoms with Crippen LogP contribution >= 0.6 is 0 Å². The van der Waals surface area contributed by atoms with E-state index in [0.29, 0.717) is 12.8 Å². The maximum absolute atomic E-state index is 12.8. The molecule has 2 bridgehead atoms. The molecule has 2 atom stereocenters. The number of fused-ring (bicyclic) bond motifs is 2. The first kappa shape index (κ1) is 15.5. The molecule has 0 aromatic heterocycles. The molecule has 0 aromatic carbocycles. The summed E-state index contributed by atoms with van der Waals surface area (Å²) in [6, 6.07) is 0.460. The van der Waals surface area contributed by atoms with Crippen molar-refractivity contribution in [3.8, 4) is 0 Å². The predicted octanol–water partition coefficient (Wildman–Crippen LogP) is 2.09. The van der Waals surface area contributed by atoms with Crippen molar-refractivity contribution in [1.29, 1.82) is 0 Å². The van der Waals surface area contributed by atoms with Gasteiger partial charge in [0.05, 0.1) is 0 Å². The highest BCUT2D eigenvalue weighted by atomic mass is 16.2. The van der Waals surface area contributed by atoms with Crippen LogP contribution in [0.1, 0.15) is 65.2 Å². The summed E-state index contributed by atoms with van der Waals surface area (Å²) in [6.07, 6.45) is 6.09. The van der Waals surface area contributed by atoms with Gasteiger partial charge in [-0.2, -0.15) is 0 Å². The van der Waals surface area contributed by atoms with E-state index < -0.39 is 0 Å². The number of hydrogen-bond acceptors (Lipinski definition) is 3. The topological polar surface area (TPSA) is 57.7 Å². The molecule has 5 nitrogen and oxygen atoms in total. The van der Waals surface area contributed by atoms with Crippen LogP contribution in [0.25, 0.3) is 0 Å². The molecule has 3 heterocycles. The Hall–Kier alpha value is -1.39. The molecule has 3 aliphatic rings. The van der Waals surface area contributed by atoms with Crippen LogP contribution in [-0.2, 0) is 14.4 Å². The Bertz CT molecular complexity index is 456. The number of imide groups is 1. The van der Waals surface area contributed by atoms with Gasteiger partial charge in [0.15, 0.2) is 0 Å². The summed E-state index contributed by atoms with van der Waals surface area (Å²) in [7, 11) is 0. The van der Waals surface area contributed by atoms with Crippen LogP contribution in [0.15, 0.2) is 0 Å². The highest BCUT2D eigenvalue weighted by molar-refractivity contribution is 6.02. The van der Waals surface area contributed by atoms with Crippen LogP contribution in [0.2, 0.25) is 0 Å². The molecule has 3 amide bonds. The van der Waals surface area contributed by atoms with Gasteiger partial charge in [-0.1, -0.05) is 13.8 Å². The maximum atomic E-state index is 12.8. The molecular weight excluding hydrogens is 280 g/mol. The fraction of sp³-hybridized carbons (Fsp3) is 0.824. The number of carbonyl (C=O) groups is 3. The number of rotatable bonds is 4. The Morgan fingerprint density at radius 3 is 1.95 bits per heavy atom. The van der Waals surface area contributed by atoms with Crippen molar-refractivity contribution in [3.05, 3.63) is 0 Å². The first-order valence-electron chi connectivity index (χ1n) is 8.73. The lowest BCUT2D eigenvalue weighted by Crippen LogP contribution is -2.54. The van der Waals surface area contributed by atoms with Crippen molar-refractivity contribution in [2.45, 2.75) is 83.3 Å². The first-order chi connectivity index (χ1) is 10.6. The van der Waals surface area contributed by atoms with Crippen LogP contribution in [-0.4, -0.2) is 45.6 Å². The van der Waals surface area contributed by atoms with Crippen LogP contribution in [0, 0.1) is 5.92 Å². The lowest BCUT2D eigenvalue weighted by Gasteiger charge is -2.42. The van der Waals surface area contributed by atoms with Crippen molar-refractivity contribution >= 4 is 17.7 Å². The lowest BCUT2D eigenvalue weighted by molar-refractivity contribution is -0.146. The number of nitrogens with zero attached hydrogens (tertiary/aromatic N) is 2. The van der Waals surface area contributed by atoms with Crippen LogP contribution in [0.4, 0.5) is 0 Å². The van der Waals surface area contributed by atoms with E-state index in [9.17, 15) is 14.4 Å². The van der Waals surface area contributed by atoms with E-state index in [4.69, 9.17) is 0 Å². The minimum Gasteiger partial charge on any atom is -0.336 e. The highest BCUT2D eigenvalue weighted by Crippen LogP contribution is 2.40. The zero-order valence-corrected chi connectivity index (χ0v) is 13.6. The summed E-state index contributed by atoms with van der Waals surface area (Å²) in [6.45, 7) is 4.14. The maximum Gasteiger partial charge on any atom is 0.229 e. The van der Waals surface area contributed by atoms with Gasteiger partial charge in [0.25, 0.3) is 0 Å². The second kappa shape index (κ2) is 6.01. The molecule has 3 rings (SSSR count). The predicted molar refractivity (Wildman–Crippen MR) is 81.8 cm³/mol. The average molecular weight is 306 g/mol. The molecule has 22 heavy (non-hydrogen) atoms. The Morgan fingerprint density at radius 1 is 1.00 bits per heavy atom. The Labute approximate surface area is 132 Å². The minimum atomic E-state index is -0.0193. The second-order valence-electron chi connectivity index (χ2n) is 6.93. The summed E-state index contributed by atoms with van der Waals surface area (Å²) >= 11 is 0. The van der Waals surface area contributed by atoms with E-state index in [1.54, 1.807) is 0 Å². The third-order valence-electron chi connectivity index (χ3n) is 5.75. The third-order valence-corrected chi connectivity index (χ3v) is 5.75. The monoisotopic (exact) mass is 306 g/mol. The van der Waals surface area contributed by atoms with Crippen LogP contribution in [0.3, 0.4) is 0 Å². The molecule has 0 N–H and O–H groups in total. The molecule has 0 aromatic rings. The number of hydrogen-bond donors (Lipinski definition) is 0. The van der Waals surface area contributed by atoms with Gasteiger partial charge in [0.2, 0.25) is 17.7 Å². The number of carbonyl (C=O) groups excluding carboxylic acids is 3. The van der Waals surface area contributed by atoms with Gasteiger partial charge in [-0.3, -0.25) is 19.3 Å². The summed E-state index contributed by atoms with van der Waals surface area (Å²) in [5, 5.41) is 0. The van der Waals surface area contributed by atoms with Crippen LogP contribution in [0.5, 0.6) is 0 Å². The SMILES string of the molecule is CCC(CC)C(=O)N1C2CCC1CC(N1C(=O)CCC1=O)C2. The van der Waals surface area contributed by atoms with Gasteiger partial charge in [0, 0.05) is 36.9 Å². The molecule has 3 aliphatic heterocycles. The highest BCUT2D eigenvalue weighted by Gasteiger charge is 2.48. The third kappa shape index (κ3) is 2.44. The summed E-state index contributed by atoms with van der Waals surface area (Å²) < 4.78 is 0. The normalized spacial score (nSPS) is 31.5. The number of likely N-dealkylation sites (tertiary alicyclic amines) is 1. The van der Waals surface area contributed by atoms with Crippen molar-refractivity contribution in [2.75, 3.05) is 0 Å². The van der Waals surface area contributed by atoms with Crippen molar-refractivity contribution in [2.24, 2.45) is 5.92 Å². The number of piperidine rings is 1.